The van der Waals surface area contributed by atoms with Crippen LogP contribution in [0.4, 0.5) is 14.5 Å². The van der Waals surface area contributed by atoms with Crippen molar-refractivity contribution in [1.29, 1.82) is 0 Å². The molecule has 0 radical (unpaired) electrons. The van der Waals surface area contributed by atoms with E-state index in [9.17, 15) is 18.4 Å². The van der Waals surface area contributed by atoms with Gasteiger partial charge >= 0.3 is 5.97 Å². The van der Waals surface area contributed by atoms with Crippen LogP contribution in [0.5, 0.6) is 5.75 Å². The summed E-state index contributed by atoms with van der Waals surface area (Å²) in [4.78, 5) is 24.3. The third kappa shape index (κ3) is 6.06. The summed E-state index contributed by atoms with van der Waals surface area (Å²) in [5.41, 5.74) is -0.111. The second kappa shape index (κ2) is 9.12. The van der Waals surface area contributed by atoms with E-state index in [1.54, 1.807) is 12.1 Å². The van der Waals surface area contributed by atoms with Gasteiger partial charge in [0, 0.05) is 6.07 Å². The van der Waals surface area contributed by atoms with Crippen LogP contribution in [0, 0.1) is 17.6 Å². The Kier molecular flexibility index (Phi) is 6.87. The molecule has 0 spiro atoms. The Morgan fingerprint density at radius 3 is 2.52 bits per heavy atom. The van der Waals surface area contributed by atoms with Gasteiger partial charge in [-0.3, -0.25) is 4.79 Å². The molecular formula is C20H21F2NO4. The summed E-state index contributed by atoms with van der Waals surface area (Å²) in [6.45, 7) is 5.83. The number of carbonyl (C=O) groups excluding carboxylic acids is 2. The zero-order valence-electron chi connectivity index (χ0n) is 15.3. The molecule has 2 aromatic carbocycles. The van der Waals surface area contributed by atoms with Crippen LogP contribution >= 0.6 is 0 Å². The van der Waals surface area contributed by atoms with Gasteiger partial charge in [0.2, 0.25) is 0 Å². The molecule has 0 saturated carbocycles. The minimum atomic E-state index is -1.21. The van der Waals surface area contributed by atoms with Crippen LogP contribution in [-0.4, -0.2) is 24.6 Å². The Hall–Kier alpha value is -2.96. The van der Waals surface area contributed by atoms with Crippen molar-refractivity contribution in [1.82, 2.24) is 0 Å². The fourth-order valence-corrected chi connectivity index (χ4v) is 2.09. The summed E-state index contributed by atoms with van der Waals surface area (Å²) in [6.07, 6.45) is -1.21. The topological polar surface area (TPSA) is 64.6 Å². The monoisotopic (exact) mass is 377 g/mol. The molecule has 0 aliphatic heterocycles. The van der Waals surface area contributed by atoms with Crippen LogP contribution in [0.25, 0.3) is 0 Å². The van der Waals surface area contributed by atoms with E-state index in [-0.39, 0.29) is 11.3 Å². The quantitative estimate of drug-likeness (QED) is 0.735. The molecule has 1 N–H and O–H groups in total. The molecule has 7 heteroatoms. The van der Waals surface area contributed by atoms with Crippen molar-refractivity contribution in [3.05, 3.63) is 59.7 Å². The number of hydrogen-bond donors (Lipinski definition) is 1. The Labute approximate surface area is 156 Å². The molecule has 0 aliphatic rings. The third-order valence-electron chi connectivity index (χ3n) is 3.49. The number of ether oxygens (including phenoxy) is 2. The van der Waals surface area contributed by atoms with Crippen molar-refractivity contribution in [2.45, 2.75) is 26.9 Å². The highest BCUT2D eigenvalue weighted by atomic mass is 19.1. The summed E-state index contributed by atoms with van der Waals surface area (Å²) < 4.78 is 37.4. The van der Waals surface area contributed by atoms with Crippen LogP contribution in [0.2, 0.25) is 0 Å². The maximum absolute atomic E-state index is 13.6. The van der Waals surface area contributed by atoms with Gasteiger partial charge in [-0.15, -0.1) is 0 Å². The summed E-state index contributed by atoms with van der Waals surface area (Å²) in [5.74, 6) is -2.16. The normalized spacial score (nSPS) is 11.8. The molecule has 0 fully saturated rings. The lowest BCUT2D eigenvalue weighted by Gasteiger charge is -2.14. The smallest absolute Gasteiger partial charge is 0.339 e. The fraction of sp³-hybridized carbons (Fsp3) is 0.300. The summed E-state index contributed by atoms with van der Waals surface area (Å²) >= 11 is 0. The van der Waals surface area contributed by atoms with Crippen molar-refractivity contribution >= 4 is 17.6 Å². The molecule has 0 heterocycles. The molecule has 1 amide bonds. The van der Waals surface area contributed by atoms with E-state index in [1.165, 1.54) is 19.1 Å². The number of amides is 1. The molecule has 2 aromatic rings. The first kappa shape index (κ1) is 20.4. The van der Waals surface area contributed by atoms with Crippen molar-refractivity contribution < 1.29 is 27.8 Å². The van der Waals surface area contributed by atoms with Crippen LogP contribution in [0.3, 0.4) is 0 Å². The zero-order valence-corrected chi connectivity index (χ0v) is 15.3. The van der Waals surface area contributed by atoms with Crippen LogP contribution in [0.1, 0.15) is 31.1 Å². The predicted molar refractivity (Wildman–Crippen MR) is 96.6 cm³/mol. The van der Waals surface area contributed by atoms with Crippen molar-refractivity contribution in [2.24, 2.45) is 5.92 Å². The molecule has 0 saturated heterocycles. The first-order valence-corrected chi connectivity index (χ1v) is 8.46. The van der Waals surface area contributed by atoms with Gasteiger partial charge in [0.1, 0.15) is 17.4 Å². The first-order chi connectivity index (χ1) is 12.8. The van der Waals surface area contributed by atoms with Crippen molar-refractivity contribution in [2.75, 3.05) is 11.9 Å². The van der Waals surface area contributed by atoms with E-state index in [0.29, 0.717) is 18.3 Å². The molecular weight excluding hydrogens is 356 g/mol. The van der Waals surface area contributed by atoms with Gasteiger partial charge in [-0.2, -0.15) is 0 Å². The largest absolute Gasteiger partial charge is 0.493 e. The number of nitrogens with one attached hydrogen (secondary N) is 1. The summed E-state index contributed by atoms with van der Waals surface area (Å²) in [5, 5.41) is 2.20. The van der Waals surface area contributed by atoms with Crippen LogP contribution in [0.15, 0.2) is 42.5 Å². The fourth-order valence-electron chi connectivity index (χ4n) is 2.09. The number of carbonyl (C=O) groups is 2. The standard InChI is InChI=1S/C20H21F2NO4/c1-12(2)11-26-16-6-4-5-14(9-16)20(25)27-13(3)19(24)23-18-10-15(21)7-8-17(18)22/h4-10,12-13H,11H2,1-3H3,(H,23,24). The second-order valence-corrected chi connectivity index (χ2v) is 6.39. The van der Waals surface area contributed by atoms with Gasteiger partial charge in [-0.25, -0.2) is 13.6 Å². The van der Waals surface area contributed by atoms with Gasteiger partial charge in [-0.05, 0) is 43.2 Å². The lowest BCUT2D eigenvalue weighted by molar-refractivity contribution is -0.123. The van der Waals surface area contributed by atoms with Crippen molar-refractivity contribution in [3.8, 4) is 5.75 Å². The van der Waals surface area contributed by atoms with Gasteiger partial charge in [-0.1, -0.05) is 19.9 Å². The minimum Gasteiger partial charge on any atom is -0.493 e. The lowest BCUT2D eigenvalue weighted by Crippen LogP contribution is -2.30. The molecule has 5 nitrogen and oxygen atoms in total. The first-order valence-electron chi connectivity index (χ1n) is 8.46. The summed E-state index contributed by atoms with van der Waals surface area (Å²) in [6, 6.07) is 9.06. The van der Waals surface area contributed by atoms with E-state index in [1.807, 2.05) is 13.8 Å². The number of rotatable bonds is 7. The van der Waals surface area contributed by atoms with Gasteiger partial charge in [0.05, 0.1) is 17.9 Å². The number of halogens is 2. The highest BCUT2D eigenvalue weighted by molar-refractivity contribution is 5.97. The van der Waals surface area contributed by atoms with E-state index < -0.39 is 29.6 Å². The molecule has 0 aliphatic carbocycles. The SMILES string of the molecule is CC(C)COc1cccc(C(=O)OC(C)C(=O)Nc2cc(F)ccc2F)c1. The molecule has 0 bridgehead atoms. The molecule has 1 atom stereocenters. The van der Waals surface area contributed by atoms with Crippen LogP contribution < -0.4 is 10.1 Å². The Morgan fingerprint density at radius 1 is 1.07 bits per heavy atom. The Bertz CT molecular complexity index is 823. The van der Waals surface area contributed by atoms with E-state index >= 15 is 0 Å². The maximum Gasteiger partial charge on any atom is 0.339 e. The number of anilines is 1. The summed E-state index contributed by atoms with van der Waals surface area (Å²) in [7, 11) is 0. The number of benzene rings is 2. The molecule has 0 aromatic heterocycles. The van der Waals surface area contributed by atoms with Gasteiger partial charge < -0.3 is 14.8 Å². The highest BCUT2D eigenvalue weighted by Crippen LogP contribution is 2.18. The lowest BCUT2D eigenvalue weighted by atomic mass is 10.2. The number of hydrogen-bond acceptors (Lipinski definition) is 4. The third-order valence-corrected chi connectivity index (χ3v) is 3.49. The number of esters is 1. The molecule has 2 rings (SSSR count). The average Bonchev–Trinajstić information content (AvgIpc) is 2.63. The van der Waals surface area contributed by atoms with Crippen LogP contribution in [-0.2, 0) is 9.53 Å². The maximum atomic E-state index is 13.6. The van der Waals surface area contributed by atoms with E-state index in [2.05, 4.69) is 5.32 Å². The second-order valence-electron chi connectivity index (χ2n) is 6.39. The van der Waals surface area contributed by atoms with Gasteiger partial charge in [0.15, 0.2) is 6.10 Å². The molecule has 27 heavy (non-hydrogen) atoms. The molecule has 1 unspecified atom stereocenters. The predicted octanol–water partition coefficient (Wildman–Crippen LogP) is 4.18. The zero-order chi connectivity index (χ0) is 20.0. The highest BCUT2D eigenvalue weighted by Gasteiger charge is 2.20. The van der Waals surface area contributed by atoms with E-state index in [4.69, 9.17) is 9.47 Å². The Balaban J connectivity index is 1.99. The minimum absolute atomic E-state index is 0.216. The average molecular weight is 377 g/mol. The molecule has 144 valence electrons. The van der Waals surface area contributed by atoms with Crippen molar-refractivity contribution in [3.63, 3.8) is 0 Å². The van der Waals surface area contributed by atoms with Gasteiger partial charge in [0.25, 0.3) is 5.91 Å². The Morgan fingerprint density at radius 2 is 1.81 bits per heavy atom. The van der Waals surface area contributed by atoms with E-state index in [0.717, 1.165) is 18.2 Å².